The molecule has 2 rings (SSSR count). The lowest BCUT2D eigenvalue weighted by molar-refractivity contribution is -0.131. The molecule has 1 unspecified atom stereocenters. The molecule has 6 nitrogen and oxygen atoms in total. The first kappa shape index (κ1) is 15.3. The van der Waals surface area contributed by atoms with Crippen LogP contribution in [0.2, 0.25) is 5.02 Å². The number of urea groups is 1. The zero-order chi connectivity index (χ0) is 15.6. The van der Waals surface area contributed by atoms with Crippen molar-refractivity contribution >= 4 is 29.4 Å². The number of carbonyl (C=O) groups is 3. The van der Waals surface area contributed by atoms with E-state index in [1.807, 2.05) is 13.0 Å². The molecule has 1 aliphatic heterocycles. The number of hydrogen-bond donors (Lipinski definition) is 1. The van der Waals surface area contributed by atoms with E-state index in [0.717, 1.165) is 10.5 Å². The minimum atomic E-state index is -0.453. The number of nitrogens with zero attached hydrogens (tertiary/aromatic N) is 2. The molecule has 0 saturated carbocycles. The first-order valence-corrected chi connectivity index (χ1v) is 6.86. The normalized spacial score (nSPS) is 16.3. The molecule has 4 amide bonds. The fraction of sp³-hybridized carbons (Fsp3) is 0.357. The molecule has 1 saturated heterocycles. The molecule has 0 aliphatic carbocycles. The maximum atomic E-state index is 12.0. The van der Waals surface area contributed by atoms with Crippen LogP contribution >= 0.6 is 11.6 Å². The second-order valence-corrected chi connectivity index (χ2v) is 5.40. The molecule has 0 spiro atoms. The van der Waals surface area contributed by atoms with Gasteiger partial charge in [0.15, 0.2) is 0 Å². The fourth-order valence-electron chi connectivity index (χ4n) is 2.11. The highest BCUT2D eigenvalue weighted by molar-refractivity contribution is 6.30. The molecule has 0 radical (unpaired) electrons. The van der Waals surface area contributed by atoms with E-state index < -0.39 is 6.03 Å². The number of rotatable bonds is 4. The third kappa shape index (κ3) is 3.52. The molecular formula is C14H16ClN3O3. The van der Waals surface area contributed by atoms with Crippen LogP contribution in [0.5, 0.6) is 0 Å². The third-order valence-corrected chi connectivity index (χ3v) is 3.49. The van der Waals surface area contributed by atoms with Gasteiger partial charge in [-0.2, -0.15) is 0 Å². The zero-order valence-electron chi connectivity index (χ0n) is 11.8. The van der Waals surface area contributed by atoms with Crippen LogP contribution in [0.25, 0.3) is 0 Å². The summed E-state index contributed by atoms with van der Waals surface area (Å²) in [4.78, 5) is 37.5. The molecule has 1 aromatic rings. The van der Waals surface area contributed by atoms with Crippen molar-refractivity contribution in [3.63, 3.8) is 0 Å². The number of carbonyl (C=O) groups excluding carboxylic acids is 3. The standard InChI is InChI=1S/C14H16ClN3O3/c1-9(10-4-3-5-11(15)6-10)16-12(19)7-18-13(20)8-17(2)14(18)21/h3-6,9H,7-8H2,1-2H3,(H,16,19). The van der Waals surface area contributed by atoms with Crippen molar-refractivity contribution in [1.29, 1.82) is 0 Å². The van der Waals surface area contributed by atoms with Crippen molar-refractivity contribution in [3.8, 4) is 0 Å². The Balaban J connectivity index is 1.96. The second-order valence-electron chi connectivity index (χ2n) is 4.96. The van der Waals surface area contributed by atoms with E-state index in [9.17, 15) is 14.4 Å². The summed E-state index contributed by atoms with van der Waals surface area (Å²) in [6.45, 7) is 1.55. The lowest BCUT2D eigenvalue weighted by atomic mass is 10.1. The van der Waals surface area contributed by atoms with Gasteiger partial charge in [0, 0.05) is 12.1 Å². The number of benzene rings is 1. The number of amides is 4. The summed E-state index contributed by atoms with van der Waals surface area (Å²) in [6, 6.07) is 6.43. The number of imide groups is 1. The Hall–Kier alpha value is -2.08. The van der Waals surface area contributed by atoms with Crippen molar-refractivity contribution in [2.45, 2.75) is 13.0 Å². The maximum Gasteiger partial charge on any atom is 0.327 e. The van der Waals surface area contributed by atoms with E-state index in [-0.39, 0.29) is 30.9 Å². The van der Waals surface area contributed by atoms with Crippen LogP contribution in [0, 0.1) is 0 Å². The molecule has 112 valence electrons. The molecule has 1 atom stereocenters. The Labute approximate surface area is 127 Å². The first-order chi connectivity index (χ1) is 9.88. The summed E-state index contributed by atoms with van der Waals surface area (Å²) in [5.41, 5.74) is 0.854. The molecular weight excluding hydrogens is 294 g/mol. The predicted octanol–water partition coefficient (Wildman–Crippen LogP) is 1.41. The average molecular weight is 310 g/mol. The van der Waals surface area contributed by atoms with E-state index >= 15 is 0 Å². The van der Waals surface area contributed by atoms with E-state index in [2.05, 4.69) is 5.32 Å². The van der Waals surface area contributed by atoms with E-state index in [1.165, 1.54) is 11.9 Å². The van der Waals surface area contributed by atoms with Gasteiger partial charge >= 0.3 is 6.03 Å². The van der Waals surface area contributed by atoms with Crippen LogP contribution in [-0.4, -0.2) is 47.8 Å². The minimum Gasteiger partial charge on any atom is -0.348 e. The summed E-state index contributed by atoms with van der Waals surface area (Å²) in [7, 11) is 1.52. The van der Waals surface area contributed by atoms with Gasteiger partial charge < -0.3 is 10.2 Å². The Morgan fingerprint density at radius 3 is 2.71 bits per heavy atom. The highest BCUT2D eigenvalue weighted by Gasteiger charge is 2.34. The van der Waals surface area contributed by atoms with Gasteiger partial charge in [0.2, 0.25) is 5.91 Å². The van der Waals surface area contributed by atoms with Crippen LogP contribution in [0.1, 0.15) is 18.5 Å². The van der Waals surface area contributed by atoms with E-state index in [0.29, 0.717) is 5.02 Å². The Morgan fingerprint density at radius 1 is 1.43 bits per heavy atom. The lowest BCUT2D eigenvalue weighted by Gasteiger charge is -2.18. The van der Waals surface area contributed by atoms with Crippen LogP contribution in [0.3, 0.4) is 0 Å². The Morgan fingerprint density at radius 2 is 2.14 bits per heavy atom. The van der Waals surface area contributed by atoms with Crippen molar-refractivity contribution in [1.82, 2.24) is 15.1 Å². The SMILES string of the molecule is CC(NC(=O)CN1C(=O)CN(C)C1=O)c1cccc(Cl)c1. The smallest absolute Gasteiger partial charge is 0.327 e. The highest BCUT2D eigenvalue weighted by Crippen LogP contribution is 2.17. The van der Waals surface area contributed by atoms with Gasteiger partial charge in [0.1, 0.15) is 13.1 Å². The third-order valence-electron chi connectivity index (χ3n) is 3.26. The van der Waals surface area contributed by atoms with Crippen LogP contribution in [0.15, 0.2) is 24.3 Å². The topological polar surface area (TPSA) is 69.7 Å². The Kier molecular flexibility index (Phi) is 4.47. The average Bonchev–Trinajstić information content (AvgIpc) is 2.65. The summed E-state index contributed by atoms with van der Waals surface area (Å²) in [5, 5.41) is 3.33. The number of halogens is 1. The van der Waals surface area contributed by atoms with Crippen LogP contribution < -0.4 is 5.32 Å². The molecule has 7 heteroatoms. The predicted molar refractivity (Wildman–Crippen MR) is 77.7 cm³/mol. The van der Waals surface area contributed by atoms with Gasteiger partial charge in [-0.3, -0.25) is 14.5 Å². The van der Waals surface area contributed by atoms with Gasteiger partial charge in [0.05, 0.1) is 6.04 Å². The number of likely N-dealkylation sites (N-methyl/N-ethyl adjacent to an activating group) is 1. The second kappa shape index (κ2) is 6.13. The highest BCUT2D eigenvalue weighted by atomic mass is 35.5. The summed E-state index contributed by atoms with van der Waals surface area (Å²) >= 11 is 5.90. The molecule has 1 fully saturated rings. The Bertz CT molecular complexity index is 591. The summed E-state index contributed by atoms with van der Waals surface area (Å²) in [5.74, 6) is -0.757. The van der Waals surface area contributed by atoms with Gasteiger partial charge in [-0.15, -0.1) is 0 Å². The molecule has 1 aliphatic rings. The fourth-order valence-corrected chi connectivity index (χ4v) is 2.31. The van der Waals surface area contributed by atoms with Crippen molar-refractivity contribution < 1.29 is 14.4 Å². The maximum absolute atomic E-state index is 12.0. The minimum absolute atomic E-state index is 0.00988. The molecule has 0 aromatic heterocycles. The van der Waals surface area contributed by atoms with E-state index in [4.69, 9.17) is 11.6 Å². The van der Waals surface area contributed by atoms with E-state index in [1.54, 1.807) is 18.2 Å². The van der Waals surface area contributed by atoms with Crippen molar-refractivity contribution in [2.75, 3.05) is 20.1 Å². The first-order valence-electron chi connectivity index (χ1n) is 6.49. The van der Waals surface area contributed by atoms with Crippen LogP contribution in [-0.2, 0) is 9.59 Å². The zero-order valence-corrected chi connectivity index (χ0v) is 12.6. The van der Waals surface area contributed by atoms with Crippen LogP contribution in [0.4, 0.5) is 4.79 Å². The molecule has 1 aromatic carbocycles. The largest absolute Gasteiger partial charge is 0.348 e. The quantitative estimate of drug-likeness (QED) is 0.855. The van der Waals surface area contributed by atoms with Crippen molar-refractivity contribution in [3.05, 3.63) is 34.9 Å². The summed E-state index contributed by atoms with van der Waals surface area (Å²) in [6.07, 6.45) is 0. The van der Waals surface area contributed by atoms with Gasteiger partial charge in [-0.1, -0.05) is 23.7 Å². The summed E-state index contributed by atoms with van der Waals surface area (Å²) < 4.78 is 0. The molecule has 0 bridgehead atoms. The van der Waals surface area contributed by atoms with Gasteiger partial charge in [-0.05, 0) is 24.6 Å². The molecule has 1 heterocycles. The van der Waals surface area contributed by atoms with Gasteiger partial charge in [0.25, 0.3) is 5.91 Å². The monoisotopic (exact) mass is 309 g/mol. The number of hydrogen-bond acceptors (Lipinski definition) is 3. The molecule has 21 heavy (non-hydrogen) atoms. The number of nitrogens with one attached hydrogen (secondary N) is 1. The van der Waals surface area contributed by atoms with Crippen molar-refractivity contribution in [2.24, 2.45) is 0 Å². The lowest BCUT2D eigenvalue weighted by Crippen LogP contribution is -2.41. The van der Waals surface area contributed by atoms with Gasteiger partial charge in [-0.25, -0.2) is 4.79 Å². The molecule has 1 N–H and O–H groups in total.